The second-order valence-corrected chi connectivity index (χ2v) is 7.78. The molecular weight excluding hydrogens is 417 g/mol. The molecule has 0 saturated carbocycles. The van der Waals surface area contributed by atoms with E-state index in [0.717, 1.165) is 22.6 Å². The summed E-state index contributed by atoms with van der Waals surface area (Å²) in [4.78, 5) is 25.6. The molecule has 0 bridgehead atoms. The summed E-state index contributed by atoms with van der Waals surface area (Å²) in [6, 6.07) is 0. The van der Waals surface area contributed by atoms with E-state index in [4.69, 9.17) is 4.74 Å². The molecule has 1 heterocycles. The predicted molar refractivity (Wildman–Crippen MR) is 95.6 cm³/mol. The monoisotopic (exact) mass is 433 g/mol. The first kappa shape index (κ1) is 21.2. The molecule has 0 spiro atoms. The summed E-state index contributed by atoms with van der Waals surface area (Å²) in [6.07, 6.45) is 1.96. The van der Waals surface area contributed by atoms with Gasteiger partial charge < -0.3 is 10.1 Å². The van der Waals surface area contributed by atoms with Gasteiger partial charge in [0.15, 0.2) is 23.3 Å². The summed E-state index contributed by atoms with van der Waals surface area (Å²) in [5.74, 6) is -13.2. The highest BCUT2D eigenvalue weighted by atomic mass is 32.1. The van der Waals surface area contributed by atoms with Crippen LogP contribution in [-0.2, 0) is 17.6 Å². The quantitative estimate of drug-likeness (QED) is 0.320. The van der Waals surface area contributed by atoms with Crippen LogP contribution in [0.3, 0.4) is 0 Å². The van der Waals surface area contributed by atoms with Crippen LogP contribution in [0.15, 0.2) is 0 Å². The topological polar surface area (TPSA) is 55.4 Å². The minimum atomic E-state index is -2.36. The van der Waals surface area contributed by atoms with E-state index in [0.29, 0.717) is 24.3 Å². The van der Waals surface area contributed by atoms with Gasteiger partial charge in [0.25, 0.3) is 5.91 Å². The Morgan fingerprint density at radius 1 is 1.03 bits per heavy atom. The summed E-state index contributed by atoms with van der Waals surface area (Å²) in [7, 11) is 0. The van der Waals surface area contributed by atoms with Crippen molar-refractivity contribution in [1.29, 1.82) is 0 Å². The van der Waals surface area contributed by atoms with Crippen LogP contribution in [0.1, 0.15) is 51.4 Å². The van der Waals surface area contributed by atoms with Crippen molar-refractivity contribution in [2.45, 2.75) is 33.1 Å². The molecule has 1 atom stereocenters. The third-order valence-electron chi connectivity index (χ3n) is 4.66. The van der Waals surface area contributed by atoms with Crippen LogP contribution in [0.4, 0.5) is 27.0 Å². The first-order valence-corrected chi connectivity index (χ1v) is 9.63. The second kappa shape index (κ2) is 8.10. The molecule has 4 nitrogen and oxygen atoms in total. The molecule has 1 amide bonds. The number of anilines is 1. The molecule has 0 fully saturated rings. The number of halogens is 5. The van der Waals surface area contributed by atoms with Crippen molar-refractivity contribution < 1.29 is 36.3 Å². The van der Waals surface area contributed by atoms with E-state index in [2.05, 4.69) is 5.32 Å². The average Bonchev–Trinajstić information content (AvgIpc) is 3.01. The van der Waals surface area contributed by atoms with Gasteiger partial charge in [-0.15, -0.1) is 11.3 Å². The van der Waals surface area contributed by atoms with Gasteiger partial charge in [-0.25, -0.2) is 26.7 Å². The molecule has 156 valence electrons. The van der Waals surface area contributed by atoms with Gasteiger partial charge >= 0.3 is 5.97 Å². The molecule has 10 heteroatoms. The number of benzene rings is 1. The zero-order valence-electron chi connectivity index (χ0n) is 15.4. The van der Waals surface area contributed by atoms with Crippen molar-refractivity contribution >= 4 is 28.2 Å². The Bertz CT molecular complexity index is 975. The van der Waals surface area contributed by atoms with Crippen molar-refractivity contribution in [1.82, 2.24) is 0 Å². The molecule has 2 aromatic rings. The van der Waals surface area contributed by atoms with E-state index >= 15 is 0 Å². The highest BCUT2D eigenvalue weighted by Gasteiger charge is 2.33. The van der Waals surface area contributed by atoms with Crippen LogP contribution in [0.25, 0.3) is 0 Å². The lowest BCUT2D eigenvalue weighted by Gasteiger charge is -2.18. The third kappa shape index (κ3) is 3.73. The second-order valence-electron chi connectivity index (χ2n) is 6.68. The van der Waals surface area contributed by atoms with Crippen LogP contribution in [-0.4, -0.2) is 18.5 Å². The van der Waals surface area contributed by atoms with Crippen molar-refractivity contribution in [2.24, 2.45) is 5.92 Å². The summed E-state index contributed by atoms with van der Waals surface area (Å²) < 4.78 is 73.0. The first-order chi connectivity index (χ1) is 13.7. The van der Waals surface area contributed by atoms with Gasteiger partial charge in [-0.1, -0.05) is 6.92 Å². The normalized spacial score (nSPS) is 15.8. The van der Waals surface area contributed by atoms with Crippen LogP contribution in [0.2, 0.25) is 0 Å². The summed E-state index contributed by atoms with van der Waals surface area (Å²) in [6.45, 7) is 3.66. The molecule has 3 rings (SSSR count). The molecular formula is C19H16F5NO3S. The maximum absolute atomic E-state index is 13.9. The van der Waals surface area contributed by atoms with Gasteiger partial charge in [0.2, 0.25) is 5.82 Å². The first-order valence-electron chi connectivity index (χ1n) is 8.81. The Labute approximate surface area is 166 Å². The summed E-state index contributed by atoms with van der Waals surface area (Å²) in [5, 5.41) is 2.09. The molecule has 1 aliphatic carbocycles. The standard InChI is InChI=1S/C19H16F5NO3S/c1-3-28-19(27)10-8-5-4-7(2)6-9(8)29-18(10)25-17(26)11-12(20)14(22)16(24)15(23)13(11)21/h7H,3-6H2,1-2H3,(H,25,26)/t7-/m1/s1. The number of carbonyl (C=O) groups is 2. The molecule has 1 aromatic carbocycles. The predicted octanol–water partition coefficient (Wildman–Crippen LogP) is 5.00. The Hall–Kier alpha value is -2.49. The van der Waals surface area contributed by atoms with Gasteiger partial charge in [-0.05, 0) is 37.7 Å². The number of amides is 1. The smallest absolute Gasteiger partial charge is 0.341 e. The van der Waals surface area contributed by atoms with Crippen LogP contribution >= 0.6 is 11.3 Å². The molecule has 1 aliphatic rings. The van der Waals surface area contributed by atoms with Gasteiger partial charge in [-0.3, -0.25) is 4.79 Å². The molecule has 0 aliphatic heterocycles. The SMILES string of the molecule is CCOC(=O)c1c(NC(=O)c2c(F)c(F)c(F)c(F)c2F)sc2c1CC[C@@H](C)C2. The molecule has 0 saturated heterocycles. The fourth-order valence-electron chi connectivity index (χ4n) is 3.23. The molecule has 1 aromatic heterocycles. The number of ether oxygens (including phenoxy) is 1. The number of rotatable bonds is 4. The van der Waals surface area contributed by atoms with Crippen molar-refractivity contribution in [3.8, 4) is 0 Å². The molecule has 1 N–H and O–H groups in total. The highest BCUT2D eigenvalue weighted by molar-refractivity contribution is 7.17. The fraction of sp³-hybridized carbons (Fsp3) is 0.368. The zero-order chi connectivity index (χ0) is 21.5. The Morgan fingerprint density at radius 3 is 2.21 bits per heavy atom. The van der Waals surface area contributed by atoms with E-state index in [1.165, 1.54) is 0 Å². The Balaban J connectivity index is 2.05. The maximum atomic E-state index is 13.9. The van der Waals surface area contributed by atoms with Gasteiger partial charge in [0.1, 0.15) is 10.6 Å². The Kier molecular flexibility index (Phi) is 5.92. The summed E-state index contributed by atoms with van der Waals surface area (Å²) in [5.41, 5.74) is -0.897. The third-order valence-corrected chi connectivity index (χ3v) is 5.82. The number of hydrogen-bond donors (Lipinski definition) is 1. The van der Waals surface area contributed by atoms with E-state index in [-0.39, 0.29) is 17.2 Å². The van der Waals surface area contributed by atoms with Gasteiger partial charge in [0, 0.05) is 4.88 Å². The van der Waals surface area contributed by atoms with E-state index in [9.17, 15) is 31.5 Å². The van der Waals surface area contributed by atoms with Gasteiger partial charge in [0.05, 0.1) is 12.2 Å². The zero-order valence-corrected chi connectivity index (χ0v) is 16.2. The number of carbonyl (C=O) groups excluding carboxylic acids is 2. The minimum Gasteiger partial charge on any atom is -0.462 e. The lowest BCUT2D eigenvalue weighted by molar-refractivity contribution is 0.0526. The summed E-state index contributed by atoms with van der Waals surface area (Å²) >= 11 is 1.03. The lowest BCUT2D eigenvalue weighted by Crippen LogP contribution is -2.20. The van der Waals surface area contributed by atoms with Crippen molar-refractivity contribution in [3.63, 3.8) is 0 Å². The number of fused-ring (bicyclic) bond motifs is 1. The number of hydrogen-bond acceptors (Lipinski definition) is 4. The van der Waals surface area contributed by atoms with Crippen LogP contribution in [0, 0.1) is 35.0 Å². The largest absolute Gasteiger partial charge is 0.462 e. The van der Waals surface area contributed by atoms with Crippen LogP contribution in [0.5, 0.6) is 0 Å². The molecule has 0 unspecified atom stereocenters. The number of thiophene rings is 1. The van der Waals surface area contributed by atoms with Crippen LogP contribution < -0.4 is 5.32 Å². The van der Waals surface area contributed by atoms with E-state index in [1.807, 2.05) is 6.92 Å². The molecule has 0 radical (unpaired) electrons. The average molecular weight is 433 g/mol. The number of esters is 1. The Morgan fingerprint density at radius 2 is 1.62 bits per heavy atom. The fourth-order valence-corrected chi connectivity index (χ4v) is 4.62. The van der Waals surface area contributed by atoms with E-state index in [1.54, 1.807) is 6.92 Å². The van der Waals surface area contributed by atoms with Crippen molar-refractivity contribution in [3.05, 3.63) is 50.7 Å². The van der Waals surface area contributed by atoms with Gasteiger partial charge in [-0.2, -0.15) is 0 Å². The van der Waals surface area contributed by atoms with Crippen molar-refractivity contribution in [2.75, 3.05) is 11.9 Å². The highest BCUT2D eigenvalue weighted by Crippen LogP contribution is 2.40. The minimum absolute atomic E-state index is 0.0449. The molecule has 29 heavy (non-hydrogen) atoms. The number of nitrogens with one attached hydrogen (secondary N) is 1. The van der Waals surface area contributed by atoms with E-state index < -0.39 is 46.5 Å². The maximum Gasteiger partial charge on any atom is 0.341 e. The lowest BCUT2D eigenvalue weighted by atomic mass is 9.88.